The Kier molecular flexibility index (Phi) is 5.99. The molecule has 0 N–H and O–H groups in total. The molecule has 4 nitrogen and oxygen atoms in total. The topological polar surface area (TPSA) is 55.7 Å². The lowest BCUT2D eigenvalue weighted by Crippen LogP contribution is -2.25. The van der Waals surface area contributed by atoms with Crippen molar-refractivity contribution in [2.45, 2.75) is 13.8 Å². The summed E-state index contributed by atoms with van der Waals surface area (Å²) in [5.41, 5.74) is 0.432. The van der Waals surface area contributed by atoms with E-state index in [2.05, 4.69) is 4.99 Å². The minimum absolute atomic E-state index is 0.207. The fraction of sp³-hybridized carbons (Fsp3) is 0.308. The summed E-state index contributed by atoms with van der Waals surface area (Å²) >= 11 is 11.7. The number of carbonyl (C=O) groups excluding carboxylic acids is 2. The third-order valence-electron chi connectivity index (χ3n) is 2.25. The lowest BCUT2D eigenvalue weighted by atomic mass is 10.1. The van der Waals surface area contributed by atoms with E-state index in [0.29, 0.717) is 15.7 Å². The molecule has 19 heavy (non-hydrogen) atoms. The van der Waals surface area contributed by atoms with E-state index in [1.165, 1.54) is 19.2 Å². The van der Waals surface area contributed by atoms with Crippen molar-refractivity contribution in [2.24, 2.45) is 10.9 Å². The van der Waals surface area contributed by atoms with E-state index in [0.717, 1.165) is 0 Å². The van der Waals surface area contributed by atoms with Crippen molar-refractivity contribution in [1.29, 1.82) is 0 Å². The van der Waals surface area contributed by atoms with E-state index in [-0.39, 0.29) is 12.4 Å². The highest BCUT2D eigenvalue weighted by molar-refractivity contribution is 6.36. The first-order valence-electron chi connectivity index (χ1n) is 5.62. The maximum absolute atomic E-state index is 11.6. The molecule has 1 aromatic carbocycles. The molecule has 0 saturated carbocycles. The SMILES string of the molecule is CCOC(=O)[C@H](C=Nc1ccc(Cl)cc1Cl)C(C)=O. The first kappa shape index (κ1) is 15.7. The Balaban J connectivity index is 2.92. The second kappa shape index (κ2) is 7.26. The predicted octanol–water partition coefficient (Wildman–Crippen LogP) is 3.46. The molecule has 0 aliphatic carbocycles. The number of carbonyl (C=O) groups is 2. The van der Waals surface area contributed by atoms with Gasteiger partial charge in [0.25, 0.3) is 0 Å². The van der Waals surface area contributed by atoms with Gasteiger partial charge in [-0.05, 0) is 32.0 Å². The van der Waals surface area contributed by atoms with Gasteiger partial charge in [0.05, 0.1) is 17.3 Å². The van der Waals surface area contributed by atoms with Crippen molar-refractivity contribution >= 4 is 46.9 Å². The monoisotopic (exact) mass is 301 g/mol. The van der Waals surface area contributed by atoms with Gasteiger partial charge in [-0.25, -0.2) is 0 Å². The summed E-state index contributed by atoms with van der Waals surface area (Å²) < 4.78 is 4.80. The van der Waals surface area contributed by atoms with Gasteiger partial charge in [0.1, 0.15) is 5.78 Å². The van der Waals surface area contributed by atoms with Crippen molar-refractivity contribution < 1.29 is 14.3 Å². The predicted molar refractivity (Wildman–Crippen MR) is 75.4 cm³/mol. The number of halogens is 2. The molecule has 0 fully saturated rings. The number of Topliss-reactive ketones (excluding diaryl/α,β-unsaturated/α-hetero) is 1. The highest BCUT2D eigenvalue weighted by Crippen LogP contribution is 2.27. The summed E-state index contributed by atoms with van der Waals surface area (Å²) in [4.78, 5) is 27.0. The fourth-order valence-electron chi connectivity index (χ4n) is 1.30. The Morgan fingerprint density at radius 1 is 1.42 bits per heavy atom. The van der Waals surface area contributed by atoms with Gasteiger partial charge in [0.2, 0.25) is 0 Å². The molecule has 0 radical (unpaired) electrons. The first-order chi connectivity index (χ1) is 8.95. The van der Waals surface area contributed by atoms with Gasteiger partial charge in [0.15, 0.2) is 5.92 Å². The number of aliphatic imine (C=N–C) groups is 1. The van der Waals surface area contributed by atoms with E-state index < -0.39 is 11.9 Å². The van der Waals surface area contributed by atoms with Crippen LogP contribution in [0.4, 0.5) is 5.69 Å². The molecule has 0 unspecified atom stereocenters. The second-order valence-electron chi connectivity index (χ2n) is 3.71. The molecule has 0 amide bonds. The van der Waals surface area contributed by atoms with Gasteiger partial charge >= 0.3 is 5.97 Å². The van der Waals surface area contributed by atoms with Crippen LogP contribution in [-0.2, 0) is 14.3 Å². The molecular formula is C13H13Cl2NO3. The summed E-state index contributed by atoms with van der Waals surface area (Å²) in [6.45, 7) is 3.18. The Hall–Kier alpha value is -1.39. The molecule has 1 rings (SSSR count). The van der Waals surface area contributed by atoms with Crippen LogP contribution in [0, 0.1) is 5.92 Å². The minimum atomic E-state index is -1.02. The van der Waals surface area contributed by atoms with E-state index >= 15 is 0 Å². The molecule has 0 heterocycles. The third kappa shape index (κ3) is 4.65. The van der Waals surface area contributed by atoms with Crippen molar-refractivity contribution in [3.8, 4) is 0 Å². The van der Waals surface area contributed by atoms with E-state index in [4.69, 9.17) is 27.9 Å². The molecule has 1 aromatic rings. The highest BCUT2D eigenvalue weighted by Gasteiger charge is 2.22. The molecule has 6 heteroatoms. The molecule has 0 saturated heterocycles. The summed E-state index contributed by atoms with van der Waals surface area (Å²) in [6, 6.07) is 4.75. The lowest BCUT2D eigenvalue weighted by Gasteiger charge is -2.07. The summed E-state index contributed by atoms with van der Waals surface area (Å²) in [7, 11) is 0. The Labute approximate surface area is 121 Å². The number of hydrogen-bond donors (Lipinski definition) is 0. The van der Waals surface area contributed by atoms with Crippen LogP contribution >= 0.6 is 23.2 Å². The van der Waals surface area contributed by atoms with Gasteiger partial charge < -0.3 is 4.74 Å². The molecule has 0 aliphatic heterocycles. The standard InChI is InChI=1S/C13H13Cl2NO3/c1-3-19-13(18)10(8(2)17)7-16-12-5-4-9(14)6-11(12)15/h4-7,10H,3H2,1-2H3/t10-/m1/s1. The van der Waals surface area contributed by atoms with Gasteiger partial charge in [0, 0.05) is 11.2 Å². The van der Waals surface area contributed by atoms with Crippen LogP contribution in [0.2, 0.25) is 10.0 Å². The van der Waals surface area contributed by atoms with Crippen LogP contribution in [0.25, 0.3) is 0 Å². The van der Waals surface area contributed by atoms with Crippen LogP contribution in [0.3, 0.4) is 0 Å². The number of rotatable bonds is 5. The second-order valence-corrected chi connectivity index (χ2v) is 4.56. The highest BCUT2D eigenvalue weighted by atomic mass is 35.5. The largest absolute Gasteiger partial charge is 0.465 e. The smallest absolute Gasteiger partial charge is 0.321 e. The number of ether oxygens (including phenoxy) is 1. The van der Waals surface area contributed by atoms with Gasteiger partial charge in [-0.1, -0.05) is 23.2 Å². The normalized spacial score (nSPS) is 12.4. The number of nitrogens with zero attached hydrogens (tertiary/aromatic N) is 1. The molecule has 0 aliphatic rings. The molecule has 0 spiro atoms. The van der Waals surface area contributed by atoms with Crippen LogP contribution in [0.5, 0.6) is 0 Å². The van der Waals surface area contributed by atoms with Crippen LogP contribution < -0.4 is 0 Å². The zero-order valence-electron chi connectivity index (χ0n) is 10.5. The first-order valence-corrected chi connectivity index (χ1v) is 6.37. The number of esters is 1. The maximum atomic E-state index is 11.6. The quantitative estimate of drug-likeness (QED) is 0.475. The molecular weight excluding hydrogens is 289 g/mol. The Morgan fingerprint density at radius 2 is 2.11 bits per heavy atom. The van der Waals surface area contributed by atoms with Crippen molar-refractivity contribution in [3.05, 3.63) is 28.2 Å². The average molecular weight is 302 g/mol. The zero-order valence-corrected chi connectivity index (χ0v) is 12.0. The lowest BCUT2D eigenvalue weighted by molar-refractivity contribution is -0.148. The number of hydrogen-bond acceptors (Lipinski definition) is 4. The van der Waals surface area contributed by atoms with Crippen molar-refractivity contribution in [3.63, 3.8) is 0 Å². The van der Waals surface area contributed by atoms with Crippen molar-refractivity contribution in [1.82, 2.24) is 0 Å². The van der Waals surface area contributed by atoms with Crippen LogP contribution in [0.15, 0.2) is 23.2 Å². The summed E-state index contributed by atoms with van der Waals surface area (Å²) in [5, 5.41) is 0.826. The van der Waals surface area contributed by atoms with E-state index in [1.807, 2.05) is 0 Å². The zero-order chi connectivity index (χ0) is 14.4. The fourth-order valence-corrected chi connectivity index (χ4v) is 1.76. The summed E-state index contributed by atoms with van der Waals surface area (Å²) in [5.74, 6) is -1.98. The Bertz CT molecular complexity index is 515. The van der Waals surface area contributed by atoms with Crippen LogP contribution in [-0.4, -0.2) is 24.6 Å². The minimum Gasteiger partial charge on any atom is -0.465 e. The Morgan fingerprint density at radius 3 is 2.63 bits per heavy atom. The summed E-state index contributed by atoms with van der Waals surface area (Å²) in [6.07, 6.45) is 1.23. The maximum Gasteiger partial charge on any atom is 0.321 e. The van der Waals surface area contributed by atoms with Crippen molar-refractivity contribution in [2.75, 3.05) is 6.61 Å². The third-order valence-corrected chi connectivity index (χ3v) is 2.79. The van der Waals surface area contributed by atoms with E-state index in [9.17, 15) is 9.59 Å². The average Bonchev–Trinajstić information content (AvgIpc) is 2.31. The van der Waals surface area contributed by atoms with Gasteiger partial charge in [-0.3, -0.25) is 14.6 Å². The number of benzene rings is 1. The van der Waals surface area contributed by atoms with E-state index in [1.54, 1.807) is 19.1 Å². The number of ketones is 1. The van der Waals surface area contributed by atoms with Gasteiger partial charge in [-0.15, -0.1) is 0 Å². The molecule has 0 aromatic heterocycles. The molecule has 1 atom stereocenters. The van der Waals surface area contributed by atoms with Crippen LogP contribution in [0.1, 0.15) is 13.8 Å². The molecule has 0 bridgehead atoms. The molecule has 102 valence electrons. The van der Waals surface area contributed by atoms with Gasteiger partial charge in [-0.2, -0.15) is 0 Å².